The minimum absolute atomic E-state index is 0.185. The number of carbonyl (C=O) groups excluding carboxylic acids is 2. The predicted molar refractivity (Wildman–Crippen MR) is 122 cm³/mol. The molecule has 2 aromatic rings. The molecule has 0 aromatic heterocycles. The number of rotatable bonds is 7. The molecule has 0 saturated heterocycles. The Morgan fingerprint density at radius 3 is 2.36 bits per heavy atom. The van der Waals surface area contributed by atoms with Crippen molar-refractivity contribution in [2.45, 2.75) is 19.2 Å². The van der Waals surface area contributed by atoms with Crippen molar-refractivity contribution in [3.05, 3.63) is 58.1 Å². The highest BCUT2D eigenvalue weighted by Gasteiger charge is 2.38. The Morgan fingerprint density at radius 1 is 1.19 bits per heavy atom. The first kappa shape index (κ1) is 28.5. The third-order valence-corrected chi connectivity index (χ3v) is 4.98. The number of primary amides is 1. The van der Waals surface area contributed by atoms with Gasteiger partial charge in [0, 0.05) is 25.7 Å². The summed E-state index contributed by atoms with van der Waals surface area (Å²) in [5.74, 6) is -6.11. The van der Waals surface area contributed by atoms with Crippen molar-refractivity contribution < 1.29 is 40.7 Å². The van der Waals surface area contributed by atoms with E-state index in [9.17, 15) is 31.5 Å². The first-order chi connectivity index (χ1) is 16.7. The number of hydrogen-bond acceptors (Lipinski definition) is 5. The standard InChI is InChI=1S/C22H19ClF6N4O3/c1-11(22(27,28)29)36-19-9-18(33(3)31-21(20(30)35)32(2)10-34)17(26)8-13(19)16(25)7-12-14(23)5-4-6-15(12)24/h4-11H,1-3H3,(H2,30,35)/b16-7-,31-21-/t11-/m0/s1. The van der Waals surface area contributed by atoms with Gasteiger partial charge in [0.25, 0.3) is 5.91 Å². The van der Waals surface area contributed by atoms with Gasteiger partial charge in [-0.05, 0) is 31.2 Å². The lowest BCUT2D eigenvalue weighted by Gasteiger charge is -2.23. The van der Waals surface area contributed by atoms with Crippen LogP contribution in [0.2, 0.25) is 5.02 Å². The van der Waals surface area contributed by atoms with Crippen molar-refractivity contribution in [2.24, 2.45) is 10.8 Å². The molecule has 2 aromatic carbocycles. The molecule has 7 nitrogen and oxygen atoms in total. The van der Waals surface area contributed by atoms with Crippen LogP contribution in [0.15, 0.2) is 35.4 Å². The van der Waals surface area contributed by atoms with Crippen molar-refractivity contribution in [1.82, 2.24) is 4.90 Å². The zero-order valence-corrected chi connectivity index (χ0v) is 19.7. The summed E-state index contributed by atoms with van der Waals surface area (Å²) in [7, 11) is 2.21. The number of amidine groups is 1. The fourth-order valence-electron chi connectivity index (χ4n) is 2.72. The Hall–Kier alpha value is -3.74. The molecule has 0 unspecified atom stereocenters. The van der Waals surface area contributed by atoms with Gasteiger partial charge in [-0.1, -0.05) is 17.7 Å². The molecule has 2 rings (SSSR count). The van der Waals surface area contributed by atoms with Crippen LogP contribution in [0.3, 0.4) is 0 Å². The van der Waals surface area contributed by atoms with E-state index in [0.29, 0.717) is 35.0 Å². The molecule has 0 heterocycles. The van der Waals surface area contributed by atoms with Crippen molar-refractivity contribution in [1.29, 1.82) is 0 Å². The van der Waals surface area contributed by atoms with E-state index in [1.807, 2.05) is 0 Å². The predicted octanol–water partition coefficient (Wildman–Crippen LogP) is 4.74. The van der Waals surface area contributed by atoms with E-state index in [-0.39, 0.29) is 11.4 Å². The first-order valence-electron chi connectivity index (χ1n) is 9.86. The number of carbonyl (C=O) groups is 2. The van der Waals surface area contributed by atoms with Gasteiger partial charge in [-0.2, -0.15) is 13.2 Å². The number of likely N-dealkylation sites (N-methyl/N-ethyl adjacent to an activating group) is 1. The normalized spacial score (nSPS) is 13.3. The number of hydrogen-bond donors (Lipinski definition) is 1. The Kier molecular flexibility index (Phi) is 8.97. The summed E-state index contributed by atoms with van der Waals surface area (Å²) in [6, 6.07) is 4.65. The number of halogens is 7. The topological polar surface area (TPSA) is 88.2 Å². The van der Waals surface area contributed by atoms with Gasteiger partial charge >= 0.3 is 6.18 Å². The van der Waals surface area contributed by atoms with Crippen LogP contribution in [0.1, 0.15) is 18.1 Å². The second kappa shape index (κ2) is 11.3. The molecule has 0 aliphatic heterocycles. The number of anilines is 1. The van der Waals surface area contributed by atoms with Crippen LogP contribution in [-0.2, 0) is 9.59 Å². The minimum atomic E-state index is -4.88. The molecule has 0 aliphatic rings. The van der Waals surface area contributed by atoms with Crippen LogP contribution in [0.4, 0.5) is 32.0 Å². The highest BCUT2D eigenvalue weighted by atomic mass is 35.5. The molecule has 2 amide bonds. The maximum atomic E-state index is 15.1. The summed E-state index contributed by atoms with van der Waals surface area (Å²) < 4.78 is 88.5. The molecule has 0 aliphatic carbocycles. The number of nitrogens with two attached hydrogens (primary N) is 1. The monoisotopic (exact) mass is 536 g/mol. The van der Waals surface area contributed by atoms with Crippen molar-refractivity contribution in [2.75, 3.05) is 19.1 Å². The van der Waals surface area contributed by atoms with Crippen LogP contribution in [0.5, 0.6) is 5.75 Å². The van der Waals surface area contributed by atoms with Crippen LogP contribution in [-0.4, -0.2) is 49.4 Å². The molecule has 194 valence electrons. The van der Waals surface area contributed by atoms with Gasteiger partial charge in [0.15, 0.2) is 6.10 Å². The summed E-state index contributed by atoms with van der Waals surface area (Å²) in [5, 5.41) is 4.16. The molecular weight excluding hydrogens is 518 g/mol. The van der Waals surface area contributed by atoms with E-state index in [0.717, 1.165) is 20.2 Å². The number of alkyl halides is 3. The van der Waals surface area contributed by atoms with E-state index in [2.05, 4.69) is 5.10 Å². The first-order valence-corrected chi connectivity index (χ1v) is 10.2. The van der Waals surface area contributed by atoms with Crippen LogP contribution in [0.25, 0.3) is 11.9 Å². The Balaban J connectivity index is 2.70. The van der Waals surface area contributed by atoms with Gasteiger partial charge in [0.05, 0.1) is 16.3 Å². The van der Waals surface area contributed by atoms with Crippen molar-refractivity contribution >= 4 is 47.3 Å². The number of amides is 2. The van der Waals surface area contributed by atoms with Gasteiger partial charge in [0.1, 0.15) is 23.2 Å². The smallest absolute Gasteiger partial charge is 0.425 e. The highest BCUT2D eigenvalue weighted by Crippen LogP contribution is 2.38. The average Bonchev–Trinajstić information content (AvgIpc) is 2.79. The third-order valence-electron chi connectivity index (χ3n) is 4.65. The third kappa shape index (κ3) is 6.68. The molecule has 14 heteroatoms. The van der Waals surface area contributed by atoms with Gasteiger partial charge in [-0.3, -0.25) is 19.5 Å². The molecule has 0 saturated carbocycles. The van der Waals surface area contributed by atoms with Crippen LogP contribution < -0.4 is 15.5 Å². The summed E-state index contributed by atoms with van der Waals surface area (Å²) in [4.78, 5) is 23.2. The molecule has 0 spiro atoms. The molecule has 0 radical (unpaired) electrons. The minimum Gasteiger partial charge on any atom is -0.480 e. The molecule has 36 heavy (non-hydrogen) atoms. The molecule has 1 atom stereocenters. The zero-order chi connectivity index (χ0) is 27.4. The quantitative estimate of drug-likeness (QED) is 0.138. The number of ether oxygens (including phenoxy) is 1. The zero-order valence-electron chi connectivity index (χ0n) is 18.9. The van der Waals surface area contributed by atoms with E-state index in [1.165, 1.54) is 12.1 Å². The lowest BCUT2D eigenvalue weighted by atomic mass is 10.1. The molecule has 0 fully saturated rings. The number of hydrazone groups is 1. The Labute approximate surface area is 206 Å². The Bertz CT molecular complexity index is 1200. The maximum absolute atomic E-state index is 15.1. The van der Waals surface area contributed by atoms with E-state index < -0.39 is 64.0 Å². The maximum Gasteiger partial charge on any atom is 0.425 e. The van der Waals surface area contributed by atoms with Crippen LogP contribution in [0, 0.1) is 11.6 Å². The van der Waals surface area contributed by atoms with Crippen molar-refractivity contribution in [3.63, 3.8) is 0 Å². The number of benzene rings is 2. The second-order valence-electron chi connectivity index (χ2n) is 7.26. The summed E-state index contributed by atoms with van der Waals surface area (Å²) in [6.07, 6.45) is -6.58. The fraction of sp³-hybridized carbons (Fsp3) is 0.227. The highest BCUT2D eigenvalue weighted by molar-refractivity contribution is 6.38. The van der Waals surface area contributed by atoms with Gasteiger partial charge in [-0.15, -0.1) is 5.10 Å². The Morgan fingerprint density at radius 2 is 1.83 bits per heavy atom. The lowest BCUT2D eigenvalue weighted by molar-refractivity contribution is -0.189. The van der Waals surface area contributed by atoms with Crippen LogP contribution >= 0.6 is 11.6 Å². The van der Waals surface area contributed by atoms with Gasteiger partial charge in [0.2, 0.25) is 12.2 Å². The molecular formula is C22H19ClF6N4O3. The summed E-state index contributed by atoms with van der Waals surface area (Å²) >= 11 is 5.86. The summed E-state index contributed by atoms with van der Waals surface area (Å²) in [6.45, 7) is 0.633. The fourth-order valence-corrected chi connectivity index (χ4v) is 2.94. The van der Waals surface area contributed by atoms with Gasteiger partial charge in [-0.25, -0.2) is 13.2 Å². The van der Waals surface area contributed by atoms with E-state index in [1.54, 1.807) is 0 Å². The van der Waals surface area contributed by atoms with Gasteiger partial charge < -0.3 is 10.5 Å². The molecule has 0 bridgehead atoms. The summed E-state index contributed by atoms with van der Waals surface area (Å²) in [5.41, 5.74) is 3.35. The second-order valence-corrected chi connectivity index (χ2v) is 7.66. The van der Waals surface area contributed by atoms with E-state index in [4.69, 9.17) is 22.1 Å². The van der Waals surface area contributed by atoms with E-state index >= 15 is 4.39 Å². The van der Waals surface area contributed by atoms with Crippen molar-refractivity contribution in [3.8, 4) is 5.75 Å². The average molecular weight is 537 g/mol. The largest absolute Gasteiger partial charge is 0.480 e. The lowest BCUT2D eigenvalue weighted by Crippen LogP contribution is -2.39. The molecule has 2 N–H and O–H groups in total. The SMILES string of the molecule is C[C@H](Oc1cc(N(C)/N=C(/C(N)=O)N(C)C=O)c(F)cc1/C(F)=C/c1c(F)cccc1Cl)C(F)(F)F. The number of nitrogens with zero attached hydrogens (tertiary/aromatic N) is 3.